The molecule has 1 aliphatic heterocycles. The molecule has 0 spiro atoms. The van der Waals surface area contributed by atoms with Crippen LogP contribution in [0.2, 0.25) is 0 Å². The highest BCUT2D eigenvalue weighted by molar-refractivity contribution is 5.98. The standard InChI is InChI=1S/C14H13N3O2/c1-8-15-12(6-13(18)16-8)9-3-4-11-10(5-9)7-17(2)14(11)19/h3-6H,7H2,1-2H3,(H,15,16,18). The van der Waals surface area contributed by atoms with E-state index in [9.17, 15) is 9.59 Å². The lowest BCUT2D eigenvalue weighted by molar-refractivity contribution is 0.0816. The van der Waals surface area contributed by atoms with Crippen LogP contribution in [-0.4, -0.2) is 27.8 Å². The SMILES string of the molecule is Cc1nc(-c2ccc3c(c2)CN(C)C3=O)cc(=O)[nH]1. The van der Waals surface area contributed by atoms with Gasteiger partial charge in [-0.1, -0.05) is 6.07 Å². The molecule has 3 rings (SSSR count). The van der Waals surface area contributed by atoms with Gasteiger partial charge >= 0.3 is 0 Å². The zero-order chi connectivity index (χ0) is 13.6. The van der Waals surface area contributed by atoms with Crippen molar-refractivity contribution in [2.24, 2.45) is 0 Å². The molecule has 1 aromatic heterocycles. The molecule has 5 nitrogen and oxygen atoms in total. The van der Waals surface area contributed by atoms with Crippen LogP contribution in [0, 0.1) is 6.92 Å². The Bertz CT molecular complexity index is 734. The van der Waals surface area contributed by atoms with Gasteiger partial charge in [-0.3, -0.25) is 9.59 Å². The molecule has 0 aliphatic carbocycles. The molecule has 0 bridgehead atoms. The average molecular weight is 255 g/mol. The second-order valence-corrected chi connectivity index (χ2v) is 4.75. The third-order valence-electron chi connectivity index (χ3n) is 3.25. The third-order valence-corrected chi connectivity index (χ3v) is 3.25. The first-order valence-corrected chi connectivity index (χ1v) is 6.01. The normalized spacial score (nSPS) is 13.8. The van der Waals surface area contributed by atoms with Gasteiger partial charge in [-0.15, -0.1) is 0 Å². The van der Waals surface area contributed by atoms with Crippen molar-refractivity contribution in [3.8, 4) is 11.3 Å². The van der Waals surface area contributed by atoms with Gasteiger partial charge in [0.15, 0.2) is 0 Å². The monoisotopic (exact) mass is 255 g/mol. The molecule has 5 heteroatoms. The van der Waals surface area contributed by atoms with Gasteiger partial charge in [0.2, 0.25) is 0 Å². The quantitative estimate of drug-likeness (QED) is 0.836. The summed E-state index contributed by atoms with van der Waals surface area (Å²) in [5.41, 5.74) is 3.02. The number of carbonyl (C=O) groups excluding carboxylic acids is 1. The van der Waals surface area contributed by atoms with Gasteiger partial charge in [0, 0.05) is 30.8 Å². The highest BCUT2D eigenvalue weighted by atomic mass is 16.2. The highest BCUT2D eigenvalue weighted by Crippen LogP contribution is 2.26. The molecule has 0 atom stereocenters. The number of rotatable bonds is 1. The van der Waals surface area contributed by atoms with Crippen LogP contribution in [0.25, 0.3) is 11.3 Å². The van der Waals surface area contributed by atoms with Crippen molar-refractivity contribution < 1.29 is 4.79 Å². The number of carbonyl (C=O) groups is 1. The minimum atomic E-state index is -0.170. The topological polar surface area (TPSA) is 66.1 Å². The lowest BCUT2D eigenvalue weighted by Gasteiger charge is -2.04. The van der Waals surface area contributed by atoms with Gasteiger partial charge in [0.05, 0.1) is 5.69 Å². The summed E-state index contributed by atoms with van der Waals surface area (Å²) in [6, 6.07) is 7.03. The van der Waals surface area contributed by atoms with Crippen LogP contribution >= 0.6 is 0 Å². The van der Waals surface area contributed by atoms with Crippen LogP contribution in [0.3, 0.4) is 0 Å². The van der Waals surface area contributed by atoms with Gasteiger partial charge in [-0.05, 0) is 24.6 Å². The third kappa shape index (κ3) is 1.93. The molecular formula is C14H13N3O2. The molecular weight excluding hydrogens is 242 g/mol. The molecule has 1 amide bonds. The van der Waals surface area contributed by atoms with Crippen LogP contribution in [0.1, 0.15) is 21.7 Å². The smallest absolute Gasteiger partial charge is 0.254 e. The first-order valence-electron chi connectivity index (χ1n) is 6.01. The summed E-state index contributed by atoms with van der Waals surface area (Å²) < 4.78 is 0. The number of aromatic amines is 1. The lowest BCUT2D eigenvalue weighted by atomic mass is 10.0. The van der Waals surface area contributed by atoms with Crippen molar-refractivity contribution in [1.82, 2.24) is 14.9 Å². The van der Waals surface area contributed by atoms with E-state index in [0.717, 1.165) is 16.7 Å². The summed E-state index contributed by atoms with van der Waals surface area (Å²) in [6.45, 7) is 2.35. The van der Waals surface area contributed by atoms with E-state index in [1.165, 1.54) is 6.07 Å². The second-order valence-electron chi connectivity index (χ2n) is 4.75. The van der Waals surface area contributed by atoms with Crippen LogP contribution in [0.15, 0.2) is 29.1 Å². The first-order chi connectivity index (χ1) is 9.04. The first kappa shape index (κ1) is 11.6. The number of benzene rings is 1. The molecule has 1 aliphatic rings. The van der Waals surface area contributed by atoms with E-state index < -0.39 is 0 Å². The number of aromatic nitrogens is 2. The van der Waals surface area contributed by atoms with Crippen LogP contribution in [-0.2, 0) is 6.54 Å². The molecule has 0 fully saturated rings. The van der Waals surface area contributed by atoms with Crippen LogP contribution < -0.4 is 5.56 Å². The lowest BCUT2D eigenvalue weighted by Crippen LogP contribution is -2.17. The van der Waals surface area contributed by atoms with Crippen molar-refractivity contribution in [2.45, 2.75) is 13.5 Å². The predicted molar refractivity (Wildman–Crippen MR) is 70.8 cm³/mol. The Morgan fingerprint density at radius 2 is 2.05 bits per heavy atom. The Kier molecular flexibility index (Phi) is 2.48. The number of hydrogen-bond acceptors (Lipinski definition) is 3. The zero-order valence-electron chi connectivity index (χ0n) is 10.7. The van der Waals surface area contributed by atoms with E-state index in [-0.39, 0.29) is 11.5 Å². The maximum absolute atomic E-state index is 11.8. The summed E-state index contributed by atoms with van der Waals surface area (Å²) in [4.78, 5) is 31.9. The summed E-state index contributed by atoms with van der Waals surface area (Å²) >= 11 is 0. The molecule has 0 radical (unpaired) electrons. The summed E-state index contributed by atoms with van der Waals surface area (Å²) in [6.07, 6.45) is 0. The molecule has 2 aromatic rings. The number of hydrogen-bond donors (Lipinski definition) is 1. The van der Waals surface area contributed by atoms with Crippen LogP contribution in [0.4, 0.5) is 0 Å². The summed E-state index contributed by atoms with van der Waals surface area (Å²) in [7, 11) is 1.78. The van der Waals surface area contributed by atoms with Gasteiger partial charge in [-0.25, -0.2) is 4.98 Å². The Morgan fingerprint density at radius 1 is 1.26 bits per heavy atom. The molecule has 0 saturated heterocycles. The molecule has 19 heavy (non-hydrogen) atoms. The Labute approximate surface area is 109 Å². The van der Waals surface area contributed by atoms with E-state index in [2.05, 4.69) is 9.97 Å². The van der Waals surface area contributed by atoms with Gasteiger partial charge in [-0.2, -0.15) is 0 Å². The maximum atomic E-state index is 11.8. The summed E-state index contributed by atoms with van der Waals surface area (Å²) in [5, 5.41) is 0. The van der Waals surface area contributed by atoms with Gasteiger partial charge in [0.25, 0.3) is 11.5 Å². The number of amides is 1. The van der Waals surface area contributed by atoms with E-state index in [1.807, 2.05) is 12.1 Å². The van der Waals surface area contributed by atoms with Crippen molar-refractivity contribution in [2.75, 3.05) is 7.05 Å². The fraction of sp³-hybridized carbons (Fsp3) is 0.214. The van der Waals surface area contributed by atoms with Crippen molar-refractivity contribution in [3.05, 3.63) is 51.6 Å². The van der Waals surface area contributed by atoms with E-state index in [4.69, 9.17) is 0 Å². The second kappa shape index (κ2) is 4.05. The fourth-order valence-corrected chi connectivity index (χ4v) is 2.35. The minimum absolute atomic E-state index is 0.0385. The minimum Gasteiger partial charge on any atom is -0.337 e. The molecule has 0 saturated carbocycles. The molecule has 0 unspecified atom stereocenters. The molecule has 96 valence electrons. The van der Waals surface area contributed by atoms with Crippen LogP contribution in [0.5, 0.6) is 0 Å². The van der Waals surface area contributed by atoms with Crippen molar-refractivity contribution >= 4 is 5.91 Å². The average Bonchev–Trinajstić information content (AvgIpc) is 2.63. The molecule has 2 heterocycles. The van der Waals surface area contributed by atoms with E-state index in [0.29, 0.717) is 18.1 Å². The van der Waals surface area contributed by atoms with Crippen molar-refractivity contribution in [3.63, 3.8) is 0 Å². The zero-order valence-corrected chi connectivity index (χ0v) is 10.7. The van der Waals surface area contributed by atoms with Gasteiger partial charge < -0.3 is 9.88 Å². The Balaban J connectivity index is 2.11. The number of nitrogens with one attached hydrogen (secondary N) is 1. The number of nitrogens with zero attached hydrogens (tertiary/aromatic N) is 2. The Morgan fingerprint density at radius 3 is 2.79 bits per heavy atom. The molecule has 1 N–H and O–H groups in total. The Hall–Kier alpha value is -2.43. The number of fused-ring (bicyclic) bond motifs is 1. The number of aryl methyl sites for hydroxylation is 1. The summed E-state index contributed by atoms with van der Waals surface area (Å²) in [5.74, 6) is 0.618. The number of H-pyrrole nitrogens is 1. The maximum Gasteiger partial charge on any atom is 0.254 e. The highest BCUT2D eigenvalue weighted by Gasteiger charge is 2.24. The van der Waals surface area contributed by atoms with E-state index >= 15 is 0 Å². The fourth-order valence-electron chi connectivity index (χ4n) is 2.35. The van der Waals surface area contributed by atoms with E-state index in [1.54, 1.807) is 24.9 Å². The predicted octanol–water partition coefficient (Wildman–Crippen LogP) is 1.33. The molecule has 1 aromatic carbocycles. The van der Waals surface area contributed by atoms with Gasteiger partial charge in [0.1, 0.15) is 5.82 Å². The van der Waals surface area contributed by atoms with Crippen molar-refractivity contribution in [1.29, 1.82) is 0 Å². The largest absolute Gasteiger partial charge is 0.337 e.